The summed E-state index contributed by atoms with van der Waals surface area (Å²) in [5, 5.41) is 3.50. The quantitative estimate of drug-likeness (QED) is 0.876. The van der Waals surface area contributed by atoms with Crippen LogP contribution >= 0.6 is 0 Å². The van der Waals surface area contributed by atoms with Gasteiger partial charge >= 0.3 is 0 Å². The highest BCUT2D eigenvalue weighted by molar-refractivity contribution is 5.80. The third-order valence-corrected chi connectivity index (χ3v) is 3.71. The van der Waals surface area contributed by atoms with Gasteiger partial charge in [0, 0.05) is 12.5 Å². The molecule has 0 saturated heterocycles. The van der Waals surface area contributed by atoms with Gasteiger partial charge in [0.1, 0.15) is 5.52 Å². The van der Waals surface area contributed by atoms with Gasteiger partial charge in [-0.1, -0.05) is 13.8 Å². The molecule has 1 aliphatic rings. The van der Waals surface area contributed by atoms with Gasteiger partial charge in [-0.05, 0) is 43.0 Å². The van der Waals surface area contributed by atoms with Crippen molar-refractivity contribution >= 4 is 11.1 Å². The first-order valence-electron chi connectivity index (χ1n) is 7.35. The molecule has 1 aliphatic carbocycles. The molecule has 3 rings (SSSR count). The average molecular weight is 274 g/mol. The molecule has 1 aromatic heterocycles. The average Bonchev–Trinajstić information content (AvgIpc) is 3.14. The Bertz CT molecular complexity index is 600. The summed E-state index contributed by atoms with van der Waals surface area (Å²) in [5.74, 6) is 2.70. The van der Waals surface area contributed by atoms with Gasteiger partial charge in [0.05, 0.1) is 7.11 Å². The summed E-state index contributed by atoms with van der Waals surface area (Å²) in [6.07, 6.45) is 2.74. The first-order valence-corrected chi connectivity index (χ1v) is 7.35. The van der Waals surface area contributed by atoms with Gasteiger partial charge in [-0.25, -0.2) is 4.98 Å². The van der Waals surface area contributed by atoms with Gasteiger partial charge in [0.15, 0.2) is 17.2 Å². The number of rotatable bonds is 6. The second-order valence-corrected chi connectivity index (χ2v) is 5.93. The summed E-state index contributed by atoms with van der Waals surface area (Å²) >= 11 is 0. The molecule has 4 heteroatoms. The van der Waals surface area contributed by atoms with E-state index >= 15 is 0 Å². The Labute approximate surface area is 119 Å². The van der Waals surface area contributed by atoms with Crippen LogP contribution in [0.3, 0.4) is 0 Å². The van der Waals surface area contributed by atoms with Crippen LogP contribution in [-0.4, -0.2) is 18.6 Å². The minimum Gasteiger partial charge on any atom is -0.493 e. The zero-order valence-corrected chi connectivity index (χ0v) is 12.4. The normalized spacial score (nSPS) is 15.2. The highest BCUT2D eigenvalue weighted by Gasteiger charge is 2.20. The van der Waals surface area contributed by atoms with Crippen LogP contribution in [0.2, 0.25) is 0 Å². The zero-order chi connectivity index (χ0) is 14.1. The van der Waals surface area contributed by atoms with Crippen molar-refractivity contribution < 1.29 is 9.15 Å². The molecule has 20 heavy (non-hydrogen) atoms. The molecule has 0 bridgehead atoms. The SMILES string of the molecule is COc1cc(CNCC2CC2)cc2nc(C(C)C)oc12. The Morgan fingerprint density at radius 2 is 2.20 bits per heavy atom. The number of methoxy groups -OCH3 is 1. The lowest BCUT2D eigenvalue weighted by molar-refractivity contribution is 0.404. The van der Waals surface area contributed by atoms with E-state index in [1.165, 1.54) is 18.4 Å². The van der Waals surface area contributed by atoms with Crippen molar-refractivity contribution in [2.75, 3.05) is 13.7 Å². The molecule has 1 saturated carbocycles. The van der Waals surface area contributed by atoms with E-state index in [9.17, 15) is 0 Å². The maximum atomic E-state index is 5.80. The topological polar surface area (TPSA) is 47.3 Å². The molecule has 1 N–H and O–H groups in total. The lowest BCUT2D eigenvalue weighted by Gasteiger charge is -2.06. The fourth-order valence-electron chi connectivity index (χ4n) is 2.32. The Hall–Kier alpha value is -1.55. The number of nitrogens with one attached hydrogen (secondary N) is 1. The largest absolute Gasteiger partial charge is 0.493 e. The Morgan fingerprint density at radius 1 is 1.40 bits per heavy atom. The summed E-state index contributed by atoms with van der Waals surface area (Å²) in [6, 6.07) is 4.13. The van der Waals surface area contributed by atoms with Crippen molar-refractivity contribution in [2.45, 2.75) is 39.2 Å². The fraction of sp³-hybridized carbons (Fsp3) is 0.562. The first-order chi connectivity index (χ1) is 9.67. The predicted octanol–water partition coefficient (Wildman–Crippen LogP) is 3.46. The number of nitrogens with zero attached hydrogens (tertiary/aromatic N) is 1. The summed E-state index contributed by atoms with van der Waals surface area (Å²) < 4.78 is 11.2. The Morgan fingerprint density at radius 3 is 2.85 bits per heavy atom. The fourth-order valence-corrected chi connectivity index (χ4v) is 2.32. The molecular formula is C16H22N2O2. The van der Waals surface area contributed by atoms with Crippen molar-refractivity contribution in [3.63, 3.8) is 0 Å². The number of benzene rings is 1. The number of fused-ring (bicyclic) bond motifs is 1. The summed E-state index contributed by atoms with van der Waals surface area (Å²) in [4.78, 5) is 4.56. The maximum absolute atomic E-state index is 5.80. The molecule has 0 aliphatic heterocycles. The van der Waals surface area contributed by atoms with Gasteiger partial charge in [0.25, 0.3) is 0 Å². The molecule has 0 unspecified atom stereocenters. The van der Waals surface area contributed by atoms with Crippen molar-refractivity contribution in [1.29, 1.82) is 0 Å². The van der Waals surface area contributed by atoms with Crippen LogP contribution in [0.5, 0.6) is 5.75 Å². The monoisotopic (exact) mass is 274 g/mol. The molecule has 1 aromatic carbocycles. The van der Waals surface area contributed by atoms with Crippen molar-refractivity contribution in [3.8, 4) is 5.75 Å². The second-order valence-electron chi connectivity index (χ2n) is 5.93. The van der Waals surface area contributed by atoms with E-state index in [0.29, 0.717) is 0 Å². The highest BCUT2D eigenvalue weighted by Crippen LogP contribution is 2.31. The van der Waals surface area contributed by atoms with E-state index in [2.05, 4.69) is 30.2 Å². The highest BCUT2D eigenvalue weighted by atomic mass is 16.5. The minimum absolute atomic E-state index is 0.281. The van der Waals surface area contributed by atoms with Gasteiger partial charge in [0.2, 0.25) is 0 Å². The zero-order valence-electron chi connectivity index (χ0n) is 12.4. The summed E-state index contributed by atoms with van der Waals surface area (Å²) in [5.41, 5.74) is 2.83. The van der Waals surface area contributed by atoms with E-state index in [0.717, 1.165) is 41.7 Å². The number of hydrogen-bond acceptors (Lipinski definition) is 4. The number of hydrogen-bond donors (Lipinski definition) is 1. The van der Waals surface area contributed by atoms with Gasteiger partial charge in [-0.2, -0.15) is 0 Å². The van der Waals surface area contributed by atoms with Gasteiger partial charge in [-0.3, -0.25) is 0 Å². The number of oxazole rings is 1. The van der Waals surface area contributed by atoms with Crippen LogP contribution in [0, 0.1) is 5.92 Å². The van der Waals surface area contributed by atoms with Crippen molar-refractivity contribution in [1.82, 2.24) is 10.3 Å². The van der Waals surface area contributed by atoms with E-state index in [1.807, 2.05) is 6.07 Å². The number of aromatic nitrogens is 1. The third-order valence-electron chi connectivity index (χ3n) is 3.71. The van der Waals surface area contributed by atoms with E-state index in [1.54, 1.807) is 7.11 Å². The molecule has 0 spiro atoms. The van der Waals surface area contributed by atoms with Crippen LogP contribution in [0.4, 0.5) is 0 Å². The predicted molar refractivity (Wildman–Crippen MR) is 79.1 cm³/mol. The van der Waals surface area contributed by atoms with Gasteiger partial charge < -0.3 is 14.5 Å². The van der Waals surface area contributed by atoms with Gasteiger partial charge in [-0.15, -0.1) is 0 Å². The molecule has 2 aromatic rings. The maximum Gasteiger partial charge on any atom is 0.198 e. The molecule has 1 heterocycles. The Balaban J connectivity index is 1.84. The van der Waals surface area contributed by atoms with Crippen LogP contribution in [0.1, 0.15) is 44.1 Å². The lowest BCUT2D eigenvalue weighted by Crippen LogP contribution is -2.16. The van der Waals surface area contributed by atoms with Crippen LogP contribution < -0.4 is 10.1 Å². The summed E-state index contributed by atoms with van der Waals surface area (Å²) in [7, 11) is 1.67. The summed E-state index contributed by atoms with van der Waals surface area (Å²) in [6.45, 7) is 6.12. The molecule has 4 nitrogen and oxygen atoms in total. The van der Waals surface area contributed by atoms with E-state index < -0.39 is 0 Å². The first kappa shape index (κ1) is 13.4. The van der Waals surface area contributed by atoms with E-state index in [4.69, 9.17) is 9.15 Å². The molecule has 0 atom stereocenters. The molecule has 1 fully saturated rings. The van der Waals surface area contributed by atoms with Crippen LogP contribution in [0.25, 0.3) is 11.1 Å². The van der Waals surface area contributed by atoms with Crippen LogP contribution in [0.15, 0.2) is 16.5 Å². The second kappa shape index (κ2) is 5.44. The smallest absolute Gasteiger partial charge is 0.198 e. The lowest BCUT2D eigenvalue weighted by atomic mass is 10.2. The molecular weight excluding hydrogens is 252 g/mol. The Kier molecular flexibility index (Phi) is 3.66. The standard InChI is InChI=1S/C16H22N2O2/c1-10(2)16-18-13-6-12(9-17-8-11-4-5-11)7-14(19-3)15(13)20-16/h6-7,10-11,17H,4-5,8-9H2,1-3H3. The minimum atomic E-state index is 0.281. The molecule has 0 radical (unpaired) electrons. The van der Waals surface area contributed by atoms with E-state index in [-0.39, 0.29) is 5.92 Å². The van der Waals surface area contributed by atoms with Crippen LogP contribution in [-0.2, 0) is 6.54 Å². The van der Waals surface area contributed by atoms with Crippen molar-refractivity contribution in [3.05, 3.63) is 23.6 Å². The van der Waals surface area contributed by atoms with Crippen molar-refractivity contribution in [2.24, 2.45) is 5.92 Å². The molecule has 0 amide bonds. The number of ether oxygens (including phenoxy) is 1. The third kappa shape index (κ3) is 2.80. The molecule has 108 valence electrons.